The molecule has 0 saturated carbocycles. The van der Waals surface area contributed by atoms with Gasteiger partial charge in [-0.15, -0.1) is 0 Å². The number of benzene rings is 3. The van der Waals surface area contributed by atoms with Crippen molar-refractivity contribution < 1.29 is 23.0 Å². The summed E-state index contributed by atoms with van der Waals surface area (Å²) >= 11 is 3.39. The number of hydrogen-bond donors (Lipinski definition) is 2. The fourth-order valence-corrected chi connectivity index (χ4v) is 4.48. The molecule has 3 aromatic carbocycles. The van der Waals surface area contributed by atoms with Gasteiger partial charge in [0.15, 0.2) is 11.5 Å². The van der Waals surface area contributed by atoms with E-state index in [1.165, 1.54) is 32.4 Å². The van der Waals surface area contributed by atoms with E-state index in [-0.39, 0.29) is 10.6 Å². The molecular weight excluding hydrogens is 470 g/mol. The topological polar surface area (TPSA) is 84.9 Å². The van der Waals surface area contributed by atoms with Crippen LogP contribution in [0, 0.1) is 6.92 Å². The molecule has 0 bridgehead atoms. The lowest BCUT2D eigenvalue weighted by atomic mass is 9.99. The Morgan fingerprint density at radius 1 is 0.967 bits per heavy atom. The Kier molecular flexibility index (Phi) is 6.70. The first kappa shape index (κ1) is 22.1. The summed E-state index contributed by atoms with van der Waals surface area (Å²) in [5.74, 6) is 0.712. The zero-order valence-electron chi connectivity index (χ0n) is 16.7. The maximum Gasteiger partial charge on any atom is 0.261 e. The molecular formula is C22H22BrNO5S. The van der Waals surface area contributed by atoms with E-state index in [9.17, 15) is 13.5 Å². The van der Waals surface area contributed by atoms with Crippen molar-refractivity contribution >= 4 is 31.6 Å². The summed E-state index contributed by atoms with van der Waals surface area (Å²) in [5, 5.41) is 11.0. The highest BCUT2D eigenvalue weighted by atomic mass is 79.9. The molecule has 30 heavy (non-hydrogen) atoms. The Balaban J connectivity index is 2.11. The molecule has 6 nitrogen and oxygen atoms in total. The fourth-order valence-electron chi connectivity index (χ4n) is 2.99. The van der Waals surface area contributed by atoms with Crippen LogP contribution in [0.25, 0.3) is 0 Å². The monoisotopic (exact) mass is 491 g/mol. The van der Waals surface area contributed by atoms with Crippen LogP contribution in [0.2, 0.25) is 0 Å². The Morgan fingerprint density at radius 2 is 1.60 bits per heavy atom. The van der Waals surface area contributed by atoms with Crippen LogP contribution in [0.5, 0.6) is 11.5 Å². The standard InChI is InChI=1S/C22H22BrNO5S/c1-14-7-9-17(10-8-14)30(26,27)24-19-13-21(29-3)20(28-2)12-18(19)22(25)15-5-4-6-16(23)11-15/h4-13,22,24-25H,1-3H3. The van der Waals surface area contributed by atoms with E-state index < -0.39 is 16.1 Å². The van der Waals surface area contributed by atoms with Gasteiger partial charge in [-0.1, -0.05) is 45.8 Å². The van der Waals surface area contributed by atoms with Crippen LogP contribution in [-0.2, 0) is 10.0 Å². The first-order valence-electron chi connectivity index (χ1n) is 9.04. The number of sulfonamides is 1. The molecule has 3 rings (SSSR count). The van der Waals surface area contributed by atoms with Crippen molar-refractivity contribution in [3.63, 3.8) is 0 Å². The van der Waals surface area contributed by atoms with Crippen molar-refractivity contribution in [2.24, 2.45) is 0 Å². The number of nitrogens with one attached hydrogen (secondary N) is 1. The van der Waals surface area contributed by atoms with Gasteiger partial charge in [0.1, 0.15) is 6.10 Å². The number of aliphatic hydroxyl groups excluding tert-OH is 1. The van der Waals surface area contributed by atoms with Gasteiger partial charge < -0.3 is 14.6 Å². The lowest BCUT2D eigenvalue weighted by Gasteiger charge is -2.20. The molecule has 1 unspecified atom stereocenters. The van der Waals surface area contributed by atoms with Crippen molar-refractivity contribution in [3.05, 3.63) is 81.8 Å². The lowest BCUT2D eigenvalue weighted by molar-refractivity contribution is 0.220. The van der Waals surface area contributed by atoms with Crippen molar-refractivity contribution in [1.29, 1.82) is 0 Å². The number of methoxy groups -OCH3 is 2. The van der Waals surface area contributed by atoms with Gasteiger partial charge in [0.2, 0.25) is 0 Å². The highest BCUT2D eigenvalue weighted by Crippen LogP contribution is 2.39. The quantitative estimate of drug-likeness (QED) is 0.502. The van der Waals surface area contributed by atoms with Gasteiger partial charge >= 0.3 is 0 Å². The summed E-state index contributed by atoms with van der Waals surface area (Å²) in [5.41, 5.74) is 2.07. The second-order valence-corrected chi connectivity index (χ2v) is 9.27. The number of ether oxygens (including phenoxy) is 2. The lowest BCUT2D eigenvalue weighted by Crippen LogP contribution is -2.16. The average molecular weight is 492 g/mol. The summed E-state index contributed by atoms with van der Waals surface area (Å²) in [6, 6.07) is 16.7. The third-order valence-electron chi connectivity index (χ3n) is 4.59. The van der Waals surface area contributed by atoms with Crippen LogP contribution in [0.1, 0.15) is 22.8 Å². The molecule has 8 heteroatoms. The number of hydrogen-bond acceptors (Lipinski definition) is 5. The highest BCUT2D eigenvalue weighted by Gasteiger charge is 2.23. The van der Waals surface area contributed by atoms with E-state index in [1.54, 1.807) is 36.4 Å². The molecule has 0 aromatic heterocycles. The van der Waals surface area contributed by atoms with E-state index in [2.05, 4.69) is 20.7 Å². The van der Waals surface area contributed by atoms with Crippen LogP contribution in [0.4, 0.5) is 5.69 Å². The minimum absolute atomic E-state index is 0.116. The Morgan fingerprint density at radius 3 is 2.20 bits per heavy atom. The minimum atomic E-state index is -3.89. The van der Waals surface area contributed by atoms with E-state index in [1.807, 2.05) is 13.0 Å². The maximum absolute atomic E-state index is 13.0. The maximum atomic E-state index is 13.0. The molecule has 0 aliphatic heterocycles. The van der Waals surface area contributed by atoms with Crippen molar-refractivity contribution in [1.82, 2.24) is 0 Å². The second kappa shape index (κ2) is 9.07. The van der Waals surface area contributed by atoms with E-state index >= 15 is 0 Å². The molecule has 0 aliphatic carbocycles. The van der Waals surface area contributed by atoms with Gasteiger partial charge in [0, 0.05) is 16.1 Å². The fraction of sp³-hybridized carbons (Fsp3) is 0.182. The number of anilines is 1. The SMILES string of the molecule is COc1cc(NS(=O)(=O)c2ccc(C)cc2)c(C(O)c2cccc(Br)c2)cc1OC. The van der Waals surface area contributed by atoms with E-state index in [4.69, 9.17) is 9.47 Å². The summed E-state index contributed by atoms with van der Waals surface area (Å²) in [6.07, 6.45) is -1.10. The highest BCUT2D eigenvalue weighted by molar-refractivity contribution is 9.10. The summed E-state index contributed by atoms with van der Waals surface area (Å²) in [7, 11) is -0.953. The number of halogens is 1. The van der Waals surface area contributed by atoms with E-state index in [0.29, 0.717) is 22.6 Å². The molecule has 0 fully saturated rings. The molecule has 1 atom stereocenters. The number of rotatable bonds is 7. The first-order chi connectivity index (χ1) is 14.2. The Hall–Kier alpha value is -2.55. The van der Waals surface area contributed by atoms with Crippen LogP contribution < -0.4 is 14.2 Å². The normalized spacial score (nSPS) is 12.3. The molecule has 2 N–H and O–H groups in total. The summed E-state index contributed by atoms with van der Waals surface area (Å²) in [4.78, 5) is 0.116. The zero-order chi connectivity index (χ0) is 21.9. The molecule has 3 aromatic rings. The van der Waals surface area contributed by atoms with Crippen LogP contribution in [0.15, 0.2) is 70.0 Å². The van der Waals surface area contributed by atoms with Gasteiger partial charge in [-0.05, 0) is 42.8 Å². The van der Waals surface area contributed by atoms with Crippen molar-refractivity contribution in [2.45, 2.75) is 17.9 Å². The summed E-state index contributed by atoms with van der Waals surface area (Å²) in [6.45, 7) is 1.88. The van der Waals surface area contributed by atoms with Crippen molar-refractivity contribution in [2.75, 3.05) is 18.9 Å². The van der Waals surface area contributed by atoms with Crippen LogP contribution >= 0.6 is 15.9 Å². The molecule has 0 radical (unpaired) electrons. The first-order valence-corrected chi connectivity index (χ1v) is 11.3. The number of aryl methyl sites for hydroxylation is 1. The van der Waals surface area contributed by atoms with Crippen molar-refractivity contribution in [3.8, 4) is 11.5 Å². The molecule has 0 aliphatic rings. The molecule has 0 heterocycles. The van der Waals surface area contributed by atoms with Gasteiger partial charge in [-0.2, -0.15) is 0 Å². The number of aliphatic hydroxyl groups is 1. The average Bonchev–Trinajstić information content (AvgIpc) is 2.73. The van der Waals surface area contributed by atoms with Crippen LogP contribution in [0.3, 0.4) is 0 Å². The second-order valence-electron chi connectivity index (χ2n) is 6.67. The third kappa shape index (κ3) is 4.77. The Labute approximate surface area is 184 Å². The zero-order valence-corrected chi connectivity index (χ0v) is 19.1. The van der Waals surface area contributed by atoms with Gasteiger partial charge in [0.05, 0.1) is 24.8 Å². The minimum Gasteiger partial charge on any atom is -0.493 e. The molecule has 0 saturated heterocycles. The molecule has 0 spiro atoms. The van der Waals surface area contributed by atoms with Crippen LogP contribution in [-0.4, -0.2) is 27.7 Å². The Bertz CT molecular complexity index is 1150. The van der Waals surface area contributed by atoms with Gasteiger partial charge in [-0.25, -0.2) is 8.42 Å². The predicted octanol–water partition coefficient (Wildman–Crippen LogP) is 4.66. The summed E-state index contributed by atoms with van der Waals surface area (Å²) < 4.78 is 40.0. The van der Waals surface area contributed by atoms with Gasteiger partial charge in [-0.3, -0.25) is 4.72 Å². The largest absolute Gasteiger partial charge is 0.493 e. The predicted molar refractivity (Wildman–Crippen MR) is 120 cm³/mol. The smallest absolute Gasteiger partial charge is 0.261 e. The molecule has 0 amide bonds. The van der Waals surface area contributed by atoms with Gasteiger partial charge in [0.25, 0.3) is 10.0 Å². The third-order valence-corrected chi connectivity index (χ3v) is 6.46. The molecule has 158 valence electrons. The van der Waals surface area contributed by atoms with E-state index in [0.717, 1.165) is 10.0 Å².